The Kier molecular flexibility index (Phi) is 4.00. The van der Waals surface area contributed by atoms with E-state index in [0.29, 0.717) is 18.2 Å². The van der Waals surface area contributed by atoms with E-state index in [0.717, 1.165) is 30.4 Å². The van der Waals surface area contributed by atoms with Crippen molar-refractivity contribution >= 4 is 12.3 Å². The first-order chi connectivity index (χ1) is 9.77. The van der Waals surface area contributed by atoms with Crippen LogP contribution in [0.3, 0.4) is 0 Å². The zero-order valence-electron chi connectivity index (χ0n) is 13.6. The molecule has 4 nitrogen and oxygen atoms in total. The fraction of sp³-hybridized carbons (Fsp3) is 0.647. The minimum atomic E-state index is -0.358. The zero-order valence-corrected chi connectivity index (χ0v) is 13.6. The second-order valence-electron chi connectivity index (χ2n) is 6.80. The van der Waals surface area contributed by atoms with E-state index in [9.17, 15) is 9.59 Å². The van der Waals surface area contributed by atoms with Gasteiger partial charge in [0, 0.05) is 28.5 Å². The molecule has 0 spiro atoms. The summed E-state index contributed by atoms with van der Waals surface area (Å²) in [6, 6.07) is 0. The molecular weight excluding hydrogens is 266 g/mol. The van der Waals surface area contributed by atoms with Gasteiger partial charge in [-0.2, -0.15) is 0 Å². The molecule has 0 amide bonds. The summed E-state index contributed by atoms with van der Waals surface area (Å²) in [5.74, 6) is -0.0544. The van der Waals surface area contributed by atoms with E-state index in [-0.39, 0.29) is 16.8 Å². The maximum atomic E-state index is 11.5. The minimum absolute atomic E-state index is 0.0440. The smallest absolute Gasteiger partial charge is 0.332 e. The number of nitrogens with one attached hydrogen (secondary N) is 1. The summed E-state index contributed by atoms with van der Waals surface area (Å²) in [5, 5.41) is 3.31. The molecule has 0 aliphatic heterocycles. The number of hydrogen-bond acceptors (Lipinski definition) is 4. The monoisotopic (exact) mass is 291 g/mol. The predicted molar refractivity (Wildman–Crippen MR) is 81.2 cm³/mol. The van der Waals surface area contributed by atoms with Gasteiger partial charge in [-0.25, -0.2) is 4.79 Å². The largest absolute Gasteiger partial charge is 0.463 e. The molecule has 0 aromatic carbocycles. The number of fused-ring (bicyclic) bond motifs is 2. The van der Waals surface area contributed by atoms with Crippen LogP contribution < -0.4 is 5.32 Å². The Hall–Kier alpha value is -1.58. The lowest BCUT2D eigenvalue weighted by atomic mass is 9.69. The number of allylic oxidation sites excluding steroid dienone is 3. The number of ether oxygens (including phenoxy) is 1. The highest BCUT2D eigenvalue weighted by Gasteiger charge is 2.60. The van der Waals surface area contributed by atoms with Gasteiger partial charge in [-0.1, -0.05) is 20.8 Å². The number of esters is 1. The first kappa shape index (κ1) is 15.8. The highest BCUT2D eigenvalue weighted by atomic mass is 16.5. The zero-order chi connectivity index (χ0) is 15.8. The molecule has 2 bridgehead atoms. The molecule has 0 aromatic rings. The lowest BCUT2D eigenvalue weighted by molar-refractivity contribution is -0.137. The van der Waals surface area contributed by atoms with Gasteiger partial charge in [0.15, 0.2) is 0 Å². The Labute approximate surface area is 126 Å². The third kappa shape index (κ3) is 2.30. The van der Waals surface area contributed by atoms with Crippen molar-refractivity contribution in [1.29, 1.82) is 0 Å². The summed E-state index contributed by atoms with van der Waals surface area (Å²) in [6.07, 6.45) is 4.55. The molecule has 1 fully saturated rings. The standard InChI is InChI=1S/C17H25NO3/c1-6-21-14(20)9-11(2)18-15-12(10-19)13-7-8-17(15,5)16(13,3)4/h9-10,13,18H,6-8H2,1-5H3/b11-9+/t13-,17+/m1/s1. The average Bonchev–Trinajstić information content (AvgIpc) is 2.70. The first-order valence-corrected chi connectivity index (χ1v) is 7.59. The number of hydrogen-bond donors (Lipinski definition) is 1. The molecule has 2 aliphatic rings. The summed E-state index contributed by atoms with van der Waals surface area (Å²) in [6.45, 7) is 10.6. The van der Waals surface area contributed by atoms with E-state index in [1.165, 1.54) is 6.08 Å². The Balaban J connectivity index is 2.29. The van der Waals surface area contributed by atoms with Gasteiger partial charge in [-0.05, 0) is 38.0 Å². The van der Waals surface area contributed by atoms with Crippen molar-refractivity contribution in [3.63, 3.8) is 0 Å². The number of aldehydes is 1. The number of carbonyl (C=O) groups is 2. The number of rotatable bonds is 5. The average molecular weight is 291 g/mol. The molecule has 0 radical (unpaired) electrons. The topological polar surface area (TPSA) is 55.4 Å². The van der Waals surface area contributed by atoms with Crippen LogP contribution in [0.2, 0.25) is 0 Å². The molecule has 2 rings (SSSR count). The normalized spacial score (nSPS) is 30.5. The van der Waals surface area contributed by atoms with Gasteiger partial charge in [-0.3, -0.25) is 4.79 Å². The van der Waals surface area contributed by atoms with Crippen molar-refractivity contribution in [3.05, 3.63) is 23.0 Å². The Bertz CT molecular complexity index is 530. The molecular formula is C17H25NO3. The van der Waals surface area contributed by atoms with Gasteiger partial charge in [0.1, 0.15) is 6.29 Å². The third-order valence-corrected chi connectivity index (χ3v) is 5.51. The molecule has 0 aromatic heterocycles. The van der Waals surface area contributed by atoms with E-state index in [1.54, 1.807) is 6.92 Å². The van der Waals surface area contributed by atoms with Crippen molar-refractivity contribution < 1.29 is 14.3 Å². The highest BCUT2D eigenvalue weighted by Crippen LogP contribution is 2.66. The molecule has 4 heteroatoms. The van der Waals surface area contributed by atoms with Crippen LogP contribution in [0.5, 0.6) is 0 Å². The summed E-state index contributed by atoms with van der Waals surface area (Å²) in [7, 11) is 0. The molecule has 0 unspecified atom stereocenters. The SMILES string of the molecule is CCOC(=O)/C=C(\C)NC1=C(C=O)[C@H]2CC[C@]1(C)C2(C)C. The van der Waals surface area contributed by atoms with Crippen LogP contribution in [0, 0.1) is 16.7 Å². The van der Waals surface area contributed by atoms with Crippen molar-refractivity contribution in [1.82, 2.24) is 5.32 Å². The minimum Gasteiger partial charge on any atom is -0.463 e. The Morgan fingerprint density at radius 1 is 1.43 bits per heavy atom. The van der Waals surface area contributed by atoms with E-state index in [1.807, 2.05) is 6.92 Å². The lowest BCUT2D eigenvalue weighted by Crippen LogP contribution is -2.34. The van der Waals surface area contributed by atoms with Crippen molar-refractivity contribution in [2.75, 3.05) is 6.61 Å². The van der Waals surface area contributed by atoms with Crippen molar-refractivity contribution in [2.45, 2.75) is 47.5 Å². The molecule has 0 saturated heterocycles. The van der Waals surface area contributed by atoms with Crippen LogP contribution in [0.1, 0.15) is 47.5 Å². The second kappa shape index (κ2) is 5.32. The van der Waals surface area contributed by atoms with Gasteiger partial charge in [0.2, 0.25) is 0 Å². The molecule has 116 valence electrons. The van der Waals surface area contributed by atoms with Crippen LogP contribution in [-0.2, 0) is 14.3 Å². The Morgan fingerprint density at radius 2 is 2.10 bits per heavy atom. The van der Waals surface area contributed by atoms with E-state index in [4.69, 9.17) is 4.74 Å². The highest BCUT2D eigenvalue weighted by molar-refractivity contribution is 5.83. The molecule has 21 heavy (non-hydrogen) atoms. The van der Waals surface area contributed by atoms with Gasteiger partial charge >= 0.3 is 5.97 Å². The van der Waals surface area contributed by atoms with Crippen LogP contribution in [-0.4, -0.2) is 18.9 Å². The Morgan fingerprint density at radius 3 is 2.67 bits per heavy atom. The van der Waals surface area contributed by atoms with Gasteiger partial charge in [0.25, 0.3) is 0 Å². The quantitative estimate of drug-likeness (QED) is 0.481. The first-order valence-electron chi connectivity index (χ1n) is 7.59. The summed E-state index contributed by atoms with van der Waals surface area (Å²) < 4.78 is 4.92. The summed E-state index contributed by atoms with van der Waals surface area (Å²) in [4.78, 5) is 23.1. The van der Waals surface area contributed by atoms with Gasteiger partial charge in [0.05, 0.1) is 6.61 Å². The van der Waals surface area contributed by atoms with E-state index < -0.39 is 0 Å². The molecule has 0 heterocycles. The second-order valence-corrected chi connectivity index (χ2v) is 6.80. The van der Waals surface area contributed by atoms with Crippen LogP contribution in [0.4, 0.5) is 0 Å². The molecule has 2 aliphatic carbocycles. The third-order valence-electron chi connectivity index (χ3n) is 5.51. The molecule has 2 atom stereocenters. The number of carbonyl (C=O) groups excluding carboxylic acids is 2. The fourth-order valence-electron chi connectivity index (χ4n) is 3.93. The maximum Gasteiger partial charge on any atom is 0.332 e. The summed E-state index contributed by atoms with van der Waals surface area (Å²) in [5.41, 5.74) is 2.59. The van der Waals surface area contributed by atoms with Crippen LogP contribution in [0.25, 0.3) is 0 Å². The fourth-order valence-corrected chi connectivity index (χ4v) is 3.93. The van der Waals surface area contributed by atoms with Crippen LogP contribution >= 0.6 is 0 Å². The molecule has 1 saturated carbocycles. The predicted octanol–water partition coefficient (Wildman–Crippen LogP) is 2.95. The van der Waals surface area contributed by atoms with Crippen molar-refractivity contribution in [3.8, 4) is 0 Å². The summed E-state index contributed by atoms with van der Waals surface area (Å²) >= 11 is 0. The van der Waals surface area contributed by atoms with Crippen molar-refractivity contribution in [2.24, 2.45) is 16.7 Å². The van der Waals surface area contributed by atoms with Crippen LogP contribution in [0.15, 0.2) is 23.0 Å². The van der Waals surface area contributed by atoms with Gasteiger partial charge < -0.3 is 10.1 Å². The maximum absolute atomic E-state index is 11.5. The van der Waals surface area contributed by atoms with Gasteiger partial charge in [-0.15, -0.1) is 0 Å². The van der Waals surface area contributed by atoms with E-state index >= 15 is 0 Å². The molecule has 1 N–H and O–H groups in total. The lowest BCUT2D eigenvalue weighted by Gasteiger charge is -2.37. The van der Waals surface area contributed by atoms with E-state index in [2.05, 4.69) is 26.1 Å².